The van der Waals surface area contributed by atoms with E-state index in [9.17, 15) is 14.7 Å². The molecule has 0 unspecified atom stereocenters. The van der Waals surface area contributed by atoms with Gasteiger partial charge in [0.15, 0.2) is 0 Å². The second kappa shape index (κ2) is 5.97. The number of amides is 1. The lowest BCUT2D eigenvalue weighted by Crippen LogP contribution is -2.42. The first-order chi connectivity index (χ1) is 9.82. The molecule has 0 radical (unpaired) electrons. The largest absolute Gasteiger partial charge is 0.388 e. The molecule has 6 heteroatoms. The molecule has 0 saturated heterocycles. The summed E-state index contributed by atoms with van der Waals surface area (Å²) >= 11 is 0. The van der Waals surface area contributed by atoms with Crippen molar-refractivity contribution < 1.29 is 9.90 Å². The molecule has 1 aromatic rings. The molecule has 1 aliphatic carbocycles. The van der Waals surface area contributed by atoms with E-state index in [0.717, 1.165) is 12.8 Å². The van der Waals surface area contributed by atoms with Gasteiger partial charge in [0.05, 0.1) is 11.3 Å². The molecule has 1 fully saturated rings. The maximum absolute atomic E-state index is 12.2. The van der Waals surface area contributed by atoms with Gasteiger partial charge < -0.3 is 15.4 Å². The molecule has 0 bridgehead atoms. The van der Waals surface area contributed by atoms with E-state index in [1.807, 2.05) is 13.8 Å². The average molecular weight is 293 g/mol. The highest BCUT2D eigenvalue weighted by molar-refractivity contribution is 5.94. The minimum atomic E-state index is -0.832. The number of carbonyl (C=O) groups excluding carboxylic acids is 1. The van der Waals surface area contributed by atoms with Gasteiger partial charge in [0.2, 0.25) is 0 Å². The van der Waals surface area contributed by atoms with Gasteiger partial charge in [0.1, 0.15) is 11.4 Å². The van der Waals surface area contributed by atoms with E-state index in [4.69, 9.17) is 0 Å². The number of hydrogen-bond acceptors (Lipinski definition) is 4. The van der Waals surface area contributed by atoms with Gasteiger partial charge in [0, 0.05) is 12.5 Å². The summed E-state index contributed by atoms with van der Waals surface area (Å²) in [5.74, 6) is 0.188. The summed E-state index contributed by atoms with van der Waals surface area (Å²) in [6, 6.07) is 0. The van der Waals surface area contributed by atoms with E-state index in [1.54, 1.807) is 6.92 Å². The second-order valence-corrected chi connectivity index (χ2v) is 6.18. The first-order valence-corrected chi connectivity index (χ1v) is 7.44. The van der Waals surface area contributed by atoms with Gasteiger partial charge >= 0.3 is 0 Å². The molecule has 21 heavy (non-hydrogen) atoms. The molecule has 0 spiro atoms. The number of H-pyrrole nitrogens is 1. The van der Waals surface area contributed by atoms with Crippen molar-refractivity contribution in [3.05, 3.63) is 27.4 Å². The van der Waals surface area contributed by atoms with Crippen LogP contribution in [0, 0.1) is 6.92 Å². The average Bonchev–Trinajstić information content (AvgIpc) is 2.83. The minimum absolute atomic E-state index is 0.0287. The van der Waals surface area contributed by atoms with Gasteiger partial charge in [-0.25, -0.2) is 4.98 Å². The zero-order valence-electron chi connectivity index (χ0n) is 12.8. The van der Waals surface area contributed by atoms with Crippen LogP contribution in [0.25, 0.3) is 0 Å². The third-order valence-corrected chi connectivity index (χ3v) is 4.00. The number of nitrogens with one attached hydrogen (secondary N) is 2. The molecule has 1 aliphatic rings. The summed E-state index contributed by atoms with van der Waals surface area (Å²) in [6.07, 6.45) is 3.31. The van der Waals surface area contributed by atoms with E-state index < -0.39 is 17.1 Å². The fraction of sp³-hybridized carbons (Fsp3) is 0.667. The summed E-state index contributed by atoms with van der Waals surface area (Å²) in [6.45, 7) is 5.68. The highest BCUT2D eigenvalue weighted by Gasteiger charge is 2.31. The Balaban J connectivity index is 2.14. The number of aromatic nitrogens is 2. The standard InChI is InChI=1S/C15H23N3O3/c1-9(2)12-17-10(3)11(14(20)18-12)13(19)16-8-15(21)6-4-5-7-15/h9,21H,4-8H2,1-3H3,(H,16,19)(H,17,18,20). The lowest BCUT2D eigenvalue weighted by Gasteiger charge is -2.22. The Morgan fingerprint density at radius 3 is 2.57 bits per heavy atom. The molecule has 0 aromatic carbocycles. The van der Waals surface area contributed by atoms with Gasteiger partial charge in [0.25, 0.3) is 11.5 Å². The molecule has 116 valence electrons. The Bertz CT molecular complexity index is 586. The number of rotatable bonds is 4. The number of aromatic amines is 1. The molecule has 1 amide bonds. The van der Waals surface area contributed by atoms with E-state index >= 15 is 0 Å². The lowest BCUT2D eigenvalue weighted by molar-refractivity contribution is 0.0449. The molecule has 2 rings (SSSR count). The summed E-state index contributed by atoms with van der Waals surface area (Å²) in [4.78, 5) is 31.2. The van der Waals surface area contributed by atoms with Crippen LogP contribution in [0.1, 0.15) is 67.3 Å². The van der Waals surface area contributed by atoms with Crippen LogP contribution in [0.2, 0.25) is 0 Å². The monoisotopic (exact) mass is 293 g/mol. The fourth-order valence-electron chi connectivity index (χ4n) is 2.69. The molecule has 3 N–H and O–H groups in total. The maximum Gasteiger partial charge on any atom is 0.264 e. The number of aryl methyl sites for hydroxylation is 1. The third-order valence-electron chi connectivity index (χ3n) is 4.00. The quantitative estimate of drug-likeness (QED) is 0.778. The number of hydrogen-bond donors (Lipinski definition) is 3. The normalized spacial score (nSPS) is 17.2. The Morgan fingerprint density at radius 1 is 1.43 bits per heavy atom. The first-order valence-electron chi connectivity index (χ1n) is 7.44. The van der Waals surface area contributed by atoms with E-state index in [-0.39, 0.29) is 18.0 Å². The summed E-state index contributed by atoms with van der Waals surface area (Å²) in [5, 5.41) is 12.9. The van der Waals surface area contributed by atoms with Gasteiger partial charge in [-0.3, -0.25) is 9.59 Å². The van der Waals surface area contributed by atoms with Crippen LogP contribution in [-0.2, 0) is 0 Å². The Kier molecular flexibility index (Phi) is 4.46. The molecular formula is C15H23N3O3. The highest BCUT2D eigenvalue weighted by Crippen LogP contribution is 2.28. The van der Waals surface area contributed by atoms with Gasteiger partial charge in [-0.05, 0) is 19.8 Å². The number of nitrogens with zero attached hydrogens (tertiary/aromatic N) is 1. The Labute approximate surface area is 124 Å². The topological polar surface area (TPSA) is 95.1 Å². The van der Waals surface area contributed by atoms with E-state index in [0.29, 0.717) is 24.4 Å². The van der Waals surface area contributed by atoms with Crippen LogP contribution < -0.4 is 10.9 Å². The van der Waals surface area contributed by atoms with Crippen molar-refractivity contribution in [3.63, 3.8) is 0 Å². The van der Waals surface area contributed by atoms with Crippen molar-refractivity contribution >= 4 is 5.91 Å². The first kappa shape index (κ1) is 15.7. The molecule has 1 saturated carbocycles. The molecule has 6 nitrogen and oxygen atoms in total. The van der Waals surface area contributed by atoms with Gasteiger partial charge in [-0.15, -0.1) is 0 Å². The van der Waals surface area contributed by atoms with E-state index in [1.165, 1.54) is 0 Å². The molecule has 0 atom stereocenters. The van der Waals surface area contributed by atoms with Crippen LogP contribution in [0.15, 0.2) is 4.79 Å². The summed E-state index contributed by atoms with van der Waals surface area (Å²) in [7, 11) is 0. The van der Waals surface area contributed by atoms with Crippen LogP contribution in [0.3, 0.4) is 0 Å². The maximum atomic E-state index is 12.2. The van der Waals surface area contributed by atoms with Gasteiger partial charge in [-0.1, -0.05) is 26.7 Å². The summed E-state index contributed by atoms with van der Waals surface area (Å²) in [5.41, 5.74) is -0.816. The predicted octanol–water partition coefficient (Wildman–Crippen LogP) is 1.24. The van der Waals surface area contributed by atoms with Crippen molar-refractivity contribution in [1.29, 1.82) is 0 Å². The fourth-order valence-corrected chi connectivity index (χ4v) is 2.69. The van der Waals surface area contributed by atoms with Crippen molar-refractivity contribution in [2.75, 3.05) is 6.54 Å². The summed E-state index contributed by atoms with van der Waals surface area (Å²) < 4.78 is 0. The van der Waals surface area contributed by atoms with Crippen LogP contribution >= 0.6 is 0 Å². The van der Waals surface area contributed by atoms with Crippen molar-refractivity contribution in [2.45, 2.75) is 58.0 Å². The number of carbonyl (C=O) groups is 1. The molecule has 1 aromatic heterocycles. The molecular weight excluding hydrogens is 270 g/mol. The predicted molar refractivity (Wildman–Crippen MR) is 79.4 cm³/mol. The molecule has 1 heterocycles. The zero-order chi connectivity index (χ0) is 15.6. The zero-order valence-corrected chi connectivity index (χ0v) is 12.8. The van der Waals surface area contributed by atoms with Crippen LogP contribution in [0.4, 0.5) is 0 Å². The highest BCUT2D eigenvalue weighted by atomic mass is 16.3. The van der Waals surface area contributed by atoms with Crippen molar-refractivity contribution in [3.8, 4) is 0 Å². The Hall–Kier alpha value is -1.69. The smallest absolute Gasteiger partial charge is 0.264 e. The third kappa shape index (κ3) is 3.50. The van der Waals surface area contributed by atoms with Crippen molar-refractivity contribution in [2.24, 2.45) is 0 Å². The lowest BCUT2D eigenvalue weighted by atomic mass is 10.0. The van der Waals surface area contributed by atoms with Crippen LogP contribution in [0.5, 0.6) is 0 Å². The second-order valence-electron chi connectivity index (χ2n) is 6.18. The van der Waals surface area contributed by atoms with Crippen LogP contribution in [-0.4, -0.2) is 33.1 Å². The molecule has 0 aliphatic heterocycles. The SMILES string of the molecule is Cc1nc(C(C)C)[nH]c(=O)c1C(=O)NCC1(O)CCCC1. The van der Waals surface area contributed by atoms with Gasteiger partial charge in [-0.2, -0.15) is 0 Å². The minimum Gasteiger partial charge on any atom is -0.388 e. The van der Waals surface area contributed by atoms with Crippen molar-refractivity contribution in [1.82, 2.24) is 15.3 Å². The van der Waals surface area contributed by atoms with E-state index in [2.05, 4.69) is 15.3 Å². The number of aliphatic hydroxyl groups is 1. The Morgan fingerprint density at radius 2 is 2.05 bits per heavy atom.